The standard InChI is InChI=1S/C18H26N4O4/c1-12(2)15(17(24)21-19)20-16(23)14-9-6-10-22(14)18(25)26-11-13-7-4-3-5-8-13/h3-5,7-8,12,14-15H,6,9-11,19H2,1-2H3,(H,20,23)(H,21,24)/t14-,15+/m0/s1. The highest BCUT2D eigenvalue weighted by atomic mass is 16.6. The summed E-state index contributed by atoms with van der Waals surface area (Å²) in [5.41, 5.74) is 2.93. The van der Waals surface area contributed by atoms with E-state index in [1.165, 1.54) is 4.90 Å². The number of nitrogens with one attached hydrogen (secondary N) is 2. The summed E-state index contributed by atoms with van der Waals surface area (Å²) in [6.07, 6.45) is 0.700. The van der Waals surface area contributed by atoms with Crippen molar-refractivity contribution in [2.45, 2.75) is 45.4 Å². The van der Waals surface area contributed by atoms with Crippen molar-refractivity contribution in [3.63, 3.8) is 0 Å². The molecule has 1 aromatic carbocycles. The van der Waals surface area contributed by atoms with E-state index in [4.69, 9.17) is 10.6 Å². The van der Waals surface area contributed by atoms with Gasteiger partial charge >= 0.3 is 6.09 Å². The molecule has 0 saturated carbocycles. The lowest BCUT2D eigenvalue weighted by Crippen LogP contribution is -2.56. The summed E-state index contributed by atoms with van der Waals surface area (Å²) in [6.45, 7) is 4.21. The number of carbonyl (C=O) groups is 3. The minimum absolute atomic E-state index is 0.137. The number of hydrogen-bond donors (Lipinski definition) is 3. The summed E-state index contributed by atoms with van der Waals surface area (Å²) in [5.74, 6) is 4.20. The van der Waals surface area contributed by atoms with Gasteiger partial charge < -0.3 is 10.1 Å². The molecule has 0 radical (unpaired) electrons. The van der Waals surface area contributed by atoms with Gasteiger partial charge in [-0.05, 0) is 24.3 Å². The second kappa shape index (κ2) is 9.19. The van der Waals surface area contributed by atoms with Crippen LogP contribution in [0.2, 0.25) is 0 Å². The Kier molecular flexibility index (Phi) is 6.97. The molecule has 8 nitrogen and oxygen atoms in total. The molecule has 1 aliphatic heterocycles. The molecule has 0 spiro atoms. The molecule has 142 valence electrons. The summed E-state index contributed by atoms with van der Waals surface area (Å²) in [4.78, 5) is 38.2. The molecule has 2 rings (SSSR count). The van der Waals surface area contributed by atoms with E-state index >= 15 is 0 Å². The van der Waals surface area contributed by atoms with E-state index in [-0.39, 0.29) is 18.4 Å². The Morgan fingerprint density at radius 3 is 2.58 bits per heavy atom. The zero-order chi connectivity index (χ0) is 19.1. The summed E-state index contributed by atoms with van der Waals surface area (Å²) >= 11 is 0. The van der Waals surface area contributed by atoms with Gasteiger partial charge in [-0.3, -0.25) is 19.9 Å². The van der Waals surface area contributed by atoms with Crippen LogP contribution in [0, 0.1) is 5.92 Å². The van der Waals surface area contributed by atoms with Crippen molar-refractivity contribution in [1.82, 2.24) is 15.6 Å². The van der Waals surface area contributed by atoms with Crippen molar-refractivity contribution in [3.8, 4) is 0 Å². The first-order valence-electron chi connectivity index (χ1n) is 8.72. The zero-order valence-corrected chi connectivity index (χ0v) is 15.1. The van der Waals surface area contributed by atoms with E-state index in [1.54, 1.807) is 13.8 Å². The molecule has 8 heteroatoms. The second-order valence-electron chi connectivity index (χ2n) is 6.63. The molecule has 4 N–H and O–H groups in total. The Labute approximate surface area is 153 Å². The monoisotopic (exact) mass is 362 g/mol. The number of nitrogens with zero attached hydrogens (tertiary/aromatic N) is 1. The molecule has 1 aromatic rings. The lowest BCUT2D eigenvalue weighted by molar-refractivity contribution is -0.132. The van der Waals surface area contributed by atoms with E-state index in [2.05, 4.69) is 10.7 Å². The number of ether oxygens (including phenoxy) is 1. The predicted octanol–water partition coefficient (Wildman–Crippen LogP) is 0.918. The van der Waals surface area contributed by atoms with Crippen LogP contribution in [-0.4, -0.2) is 41.4 Å². The molecule has 1 aliphatic rings. The van der Waals surface area contributed by atoms with Crippen LogP contribution < -0.4 is 16.6 Å². The Morgan fingerprint density at radius 2 is 1.96 bits per heavy atom. The molecule has 3 amide bonds. The molecule has 26 heavy (non-hydrogen) atoms. The molecule has 1 saturated heterocycles. The molecule has 1 fully saturated rings. The van der Waals surface area contributed by atoms with Gasteiger partial charge in [-0.1, -0.05) is 44.2 Å². The number of hydrazine groups is 1. The first-order valence-corrected chi connectivity index (χ1v) is 8.72. The highest BCUT2D eigenvalue weighted by molar-refractivity contribution is 5.91. The van der Waals surface area contributed by atoms with E-state index in [9.17, 15) is 14.4 Å². The first-order chi connectivity index (χ1) is 12.4. The Balaban J connectivity index is 1.96. The van der Waals surface area contributed by atoms with Crippen molar-refractivity contribution in [2.24, 2.45) is 11.8 Å². The van der Waals surface area contributed by atoms with Gasteiger partial charge in [0.25, 0.3) is 5.91 Å². The van der Waals surface area contributed by atoms with Gasteiger partial charge in [0.05, 0.1) is 0 Å². The number of nitrogens with two attached hydrogens (primary N) is 1. The fourth-order valence-electron chi connectivity index (χ4n) is 2.93. The highest BCUT2D eigenvalue weighted by Gasteiger charge is 2.37. The van der Waals surface area contributed by atoms with E-state index < -0.39 is 24.1 Å². The Bertz CT molecular complexity index is 635. The number of rotatable bonds is 6. The number of hydrogen-bond acceptors (Lipinski definition) is 5. The maximum atomic E-state index is 12.6. The minimum atomic E-state index is -0.754. The lowest BCUT2D eigenvalue weighted by Gasteiger charge is -2.26. The summed E-state index contributed by atoms with van der Waals surface area (Å²) in [5, 5.41) is 2.69. The molecular weight excluding hydrogens is 336 g/mol. The SMILES string of the molecule is CC(C)[C@@H](NC(=O)[C@@H]1CCCN1C(=O)OCc1ccccc1)C(=O)NN. The third-order valence-corrected chi connectivity index (χ3v) is 4.38. The van der Waals surface area contributed by atoms with E-state index in [0.717, 1.165) is 5.56 Å². The van der Waals surface area contributed by atoms with Gasteiger partial charge in [0.15, 0.2) is 0 Å². The summed E-state index contributed by atoms with van der Waals surface area (Å²) in [7, 11) is 0. The van der Waals surface area contributed by atoms with Crippen molar-refractivity contribution in [3.05, 3.63) is 35.9 Å². The largest absolute Gasteiger partial charge is 0.445 e. The van der Waals surface area contributed by atoms with Crippen LogP contribution in [0.4, 0.5) is 4.79 Å². The van der Waals surface area contributed by atoms with Crippen LogP contribution in [-0.2, 0) is 20.9 Å². The molecular formula is C18H26N4O4. The maximum absolute atomic E-state index is 12.6. The number of benzene rings is 1. The average molecular weight is 362 g/mol. The topological polar surface area (TPSA) is 114 Å². The number of likely N-dealkylation sites (tertiary alicyclic amines) is 1. The second-order valence-corrected chi connectivity index (χ2v) is 6.63. The van der Waals surface area contributed by atoms with Crippen LogP contribution in [0.15, 0.2) is 30.3 Å². The number of amides is 3. The molecule has 0 aliphatic carbocycles. The van der Waals surface area contributed by atoms with Crippen LogP contribution in [0.25, 0.3) is 0 Å². The van der Waals surface area contributed by atoms with Crippen molar-refractivity contribution >= 4 is 17.9 Å². The third kappa shape index (κ3) is 4.95. The van der Waals surface area contributed by atoms with Gasteiger partial charge in [-0.25, -0.2) is 10.6 Å². The fourth-order valence-corrected chi connectivity index (χ4v) is 2.93. The lowest BCUT2D eigenvalue weighted by atomic mass is 10.0. The highest BCUT2D eigenvalue weighted by Crippen LogP contribution is 2.19. The van der Waals surface area contributed by atoms with E-state index in [0.29, 0.717) is 19.4 Å². The van der Waals surface area contributed by atoms with Crippen molar-refractivity contribution in [2.75, 3.05) is 6.54 Å². The summed E-state index contributed by atoms with van der Waals surface area (Å²) < 4.78 is 5.32. The molecule has 0 aromatic heterocycles. The normalized spacial score (nSPS) is 17.7. The predicted molar refractivity (Wildman–Crippen MR) is 95.5 cm³/mol. The van der Waals surface area contributed by atoms with Crippen LogP contribution in [0.5, 0.6) is 0 Å². The number of carbonyl (C=O) groups excluding carboxylic acids is 3. The zero-order valence-electron chi connectivity index (χ0n) is 15.1. The maximum Gasteiger partial charge on any atom is 0.410 e. The third-order valence-electron chi connectivity index (χ3n) is 4.38. The quantitative estimate of drug-likeness (QED) is 0.396. The molecule has 1 heterocycles. The van der Waals surface area contributed by atoms with Gasteiger partial charge in [0.1, 0.15) is 18.7 Å². The van der Waals surface area contributed by atoms with E-state index in [1.807, 2.05) is 30.3 Å². The molecule has 2 atom stereocenters. The average Bonchev–Trinajstić information content (AvgIpc) is 3.14. The van der Waals surface area contributed by atoms with Crippen LogP contribution in [0.1, 0.15) is 32.3 Å². The van der Waals surface area contributed by atoms with Gasteiger partial charge in [0, 0.05) is 6.54 Å². The van der Waals surface area contributed by atoms with Gasteiger partial charge in [-0.2, -0.15) is 0 Å². The Morgan fingerprint density at radius 1 is 1.27 bits per heavy atom. The summed E-state index contributed by atoms with van der Waals surface area (Å²) in [6, 6.07) is 7.93. The van der Waals surface area contributed by atoms with Gasteiger partial charge in [0.2, 0.25) is 5.91 Å². The molecule has 0 unspecified atom stereocenters. The first kappa shape index (κ1) is 19.7. The Hall–Kier alpha value is -2.61. The molecule has 0 bridgehead atoms. The van der Waals surface area contributed by atoms with Crippen LogP contribution in [0.3, 0.4) is 0 Å². The van der Waals surface area contributed by atoms with Gasteiger partial charge in [-0.15, -0.1) is 0 Å². The fraction of sp³-hybridized carbons (Fsp3) is 0.500. The smallest absolute Gasteiger partial charge is 0.410 e. The van der Waals surface area contributed by atoms with Crippen molar-refractivity contribution in [1.29, 1.82) is 0 Å². The van der Waals surface area contributed by atoms with Crippen LogP contribution >= 0.6 is 0 Å². The van der Waals surface area contributed by atoms with Crippen molar-refractivity contribution < 1.29 is 19.1 Å². The minimum Gasteiger partial charge on any atom is -0.445 e.